The quantitative estimate of drug-likeness (QED) is 0.304. The lowest BCUT2D eigenvalue weighted by atomic mass is 10.3. The highest BCUT2D eigenvalue weighted by Crippen LogP contribution is 2.38. The van der Waals surface area contributed by atoms with Gasteiger partial charge >= 0.3 is 13.8 Å². The number of phosphoric ester groups is 1. The van der Waals surface area contributed by atoms with E-state index in [2.05, 4.69) is 15.8 Å². The molecule has 2 N–H and O–H groups in total. The van der Waals surface area contributed by atoms with Gasteiger partial charge in [0.15, 0.2) is 0 Å². The number of rotatable bonds is 7. The van der Waals surface area contributed by atoms with Crippen molar-refractivity contribution in [1.29, 1.82) is 0 Å². The van der Waals surface area contributed by atoms with Gasteiger partial charge in [-0.3, -0.25) is 4.52 Å². The Morgan fingerprint density at radius 1 is 1.60 bits per heavy atom. The van der Waals surface area contributed by atoms with Gasteiger partial charge in [-0.1, -0.05) is 6.58 Å². The molecule has 8 heteroatoms. The number of alkyl halides is 1. The van der Waals surface area contributed by atoms with Crippen LogP contribution < -0.4 is 0 Å². The van der Waals surface area contributed by atoms with Crippen molar-refractivity contribution < 1.29 is 28.4 Å². The van der Waals surface area contributed by atoms with Crippen LogP contribution in [-0.4, -0.2) is 34.3 Å². The fourth-order valence-electron chi connectivity index (χ4n) is 0.702. The Labute approximate surface area is 92.1 Å². The van der Waals surface area contributed by atoms with Gasteiger partial charge in [0.05, 0.1) is 12.7 Å². The van der Waals surface area contributed by atoms with Crippen LogP contribution in [0.1, 0.15) is 6.42 Å². The van der Waals surface area contributed by atoms with Gasteiger partial charge in [0.2, 0.25) is 0 Å². The minimum absolute atomic E-state index is 0.0394. The standard InChI is InChI=1S/C7H12ClO6P/c1-2-7(9)13-4-3-6(5-8)14-15(10,11)12/h2,6H,1,3-5H2,(H2,10,11,12). The van der Waals surface area contributed by atoms with Crippen LogP contribution in [0.3, 0.4) is 0 Å². The van der Waals surface area contributed by atoms with Crippen molar-refractivity contribution >= 4 is 25.4 Å². The van der Waals surface area contributed by atoms with Crippen molar-refractivity contribution in [2.45, 2.75) is 12.5 Å². The fraction of sp³-hybridized carbons (Fsp3) is 0.571. The maximum absolute atomic E-state index is 10.6. The number of phosphoric acid groups is 1. The minimum atomic E-state index is -4.55. The Kier molecular flexibility index (Phi) is 6.80. The molecule has 0 saturated heterocycles. The first-order chi connectivity index (χ1) is 6.89. The maximum Gasteiger partial charge on any atom is 0.469 e. The molecule has 88 valence electrons. The van der Waals surface area contributed by atoms with Crippen molar-refractivity contribution in [3.63, 3.8) is 0 Å². The zero-order valence-electron chi connectivity index (χ0n) is 7.84. The molecule has 0 fully saturated rings. The zero-order valence-corrected chi connectivity index (χ0v) is 9.49. The lowest BCUT2D eigenvalue weighted by Crippen LogP contribution is -2.17. The molecule has 0 spiro atoms. The van der Waals surface area contributed by atoms with Crippen LogP contribution in [0.2, 0.25) is 0 Å². The average molecular weight is 259 g/mol. The highest BCUT2D eigenvalue weighted by molar-refractivity contribution is 7.46. The summed E-state index contributed by atoms with van der Waals surface area (Å²) in [6, 6.07) is 0. The molecule has 0 aliphatic heterocycles. The fourth-order valence-corrected chi connectivity index (χ4v) is 1.58. The highest BCUT2D eigenvalue weighted by Gasteiger charge is 2.21. The van der Waals surface area contributed by atoms with E-state index in [-0.39, 0.29) is 18.9 Å². The molecule has 0 bridgehead atoms. The van der Waals surface area contributed by atoms with Crippen molar-refractivity contribution in [2.75, 3.05) is 12.5 Å². The molecule has 15 heavy (non-hydrogen) atoms. The Bertz CT molecular complexity index is 262. The summed E-state index contributed by atoms with van der Waals surface area (Å²) >= 11 is 5.39. The maximum atomic E-state index is 10.6. The number of carbonyl (C=O) groups is 1. The van der Waals surface area contributed by atoms with Crippen LogP contribution in [0, 0.1) is 0 Å². The topological polar surface area (TPSA) is 93.1 Å². The molecule has 0 aromatic heterocycles. The Morgan fingerprint density at radius 3 is 2.60 bits per heavy atom. The largest absolute Gasteiger partial charge is 0.469 e. The molecule has 6 nitrogen and oxygen atoms in total. The predicted molar refractivity (Wildman–Crippen MR) is 53.4 cm³/mol. The molecule has 0 radical (unpaired) electrons. The third kappa shape index (κ3) is 8.59. The molecule has 1 unspecified atom stereocenters. The van der Waals surface area contributed by atoms with Crippen molar-refractivity contribution in [1.82, 2.24) is 0 Å². The van der Waals surface area contributed by atoms with E-state index < -0.39 is 19.9 Å². The summed E-state index contributed by atoms with van der Waals surface area (Å²) in [6.45, 7) is 3.14. The van der Waals surface area contributed by atoms with Crippen molar-refractivity contribution in [3.8, 4) is 0 Å². The average Bonchev–Trinajstić information content (AvgIpc) is 2.14. The van der Waals surface area contributed by atoms with E-state index in [0.29, 0.717) is 0 Å². The van der Waals surface area contributed by atoms with Gasteiger partial charge in [0.1, 0.15) is 0 Å². The smallest absolute Gasteiger partial charge is 0.462 e. The van der Waals surface area contributed by atoms with E-state index in [1.807, 2.05) is 0 Å². The second-order valence-corrected chi connectivity index (χ2v) is 4.03. The molecule has 0 aromatic carbocycles. The summed E-state index contributed by atoms with van der Waals surface area (Å²) in [5.74, 6) is -0.712. The summed E-state index contributed by atoms with van der Waals surface area (Å²) in [4.78, 5) is 27.6. The molecule has 0 rings (SSSR count). The molecule has 0 aromatic rings. The number of hydrogen-bond donors (Lipinski definition) is 2. The molecule has 1 atom stereocenters. The summed E-state index contributed by atoms with van der Waals surface area (Å²) in [6.07, 6.45) is 0.235. The molecule has 0 amide bonds. The normalized spacial score (nSPS) is 13.3. The summed E-state index contributed by atoms with van der Waals surface area (Å²) in [5, 5.41) is 0. The van der Waals surface area contributed by atoms with Gasteiger partial charge in [0, 0.05) is 18.4 Å². The summed E-state index contributed by atoms with van der Waals surface area (Å²) < 4.78 is 19.4. The lowest BCUT2D eigenvalue weighted by molar-refractivity contribution is -0.138. The molecular weight excluding hydrogens is 246 g/mol. The van der Waals surface area contributed by atoms with Crippen LogP contribution in [0.4, 0.5) is 0 Å². The Hall–Kier alpha value is -0.390. The van der Waals surface area contributed by atoms with Crippen LogP contribution in [0.15, 0.2) is 12.7 Å². The minimum Gasteiger partial charge on any atom is -0.462 e. The second-order valence-electron chi connectivity index (χ2n) is 2.53. The first-order valence-electron chi connectivity index (χ1n) is 3.98. The third-order valence-corrected chi connectivity index (χ3v) is 2.23. The molecule has 0 aliphatic rings. The van der Waals surface area contributed by atoms with Gasteiger partial charge in [-0.05, 0) is 0 Å². The third-order valence-electron chi connectivity index (χ3n) is 1.31. The zero-order chi connectivity index (χ0) is 11.9. The molecular formula is C7H12ClO6P. The lowest BCUT2D eigenvalue weighted by Gasteiger charge is -2.14. The SMILES string of the molecule is C=CC(=O)OCCC(CCl)OP(=O)(O)O. The molecule has 0 aliphatic carbocycles. The number of esters is 1. The van der Waals surface area contributed by atoms with Gasteiger partial charge in [-0.15, -0.1) is 11.6 Å². The van der Waals surface area contributed by atoms with E-state index in [1.165, 1.54) is 0 Å². The predicted octanol–water partition coefficient (Wildman–Crippen LogP) is 0.822. The van der Waals surface area contributed by atoms with Crippen LogP contribution >= 0.6 is 19.4 Å². The van der Waals surface area contributed by atoms with Crippen molar-refractivity contribution in [2.24, 2.45) is 0 Å². The summed E-state index contributed by atoms with van der Waals surface area (Å²) in [5.41, 5.74) is 0. The van der Waals surface area contributed by atoms with Crippen LogP contribution in [0.5, 0.6) is 0 Å². The van der Waals surface area contributed by atoms with Crippen LogP contribution in [-0.2, 0) is 18.6 Å². The highest BCUT2D eigenvalue weighted by atomic mass is 35.5. The monoisotopic (exact) mass is 258 g/mol. The van der Waals surface area contributed by atoms with Crippen LogP contribution in [0.25, 0.3) is 0 Å². The molecule has 0 heterocycles. The van der Waals surface area contributed by atoms with E-state index in [1.54, 1.807) is 0 Å². The van der Waals surface area contributed by atoms with E-state index in [4.69, 9.17) is 21.4 Å². The van der Waals surface area contributed by atoms with E-state index >= 15 is 0 Å². The Balaban J connectivity index is 3.86. The first kappa shape index (κ1) is 14.6. The van der Waals surface area contributed by atoms with Gasteiger partial charge in [-0.2, -0.15) is 0 Å². The van der Waals surface area contributed by atoms with E-state index in [9.17, 15) is 9.36 Å². The summed E-state index contributed by atoms with van der Waals surface area (Å²) in [7, 11) is -4.55. The van der Waals surface area contributed by atoms with Gasteiger partial charge in [-0.25, -0.2) is 9.36 Å². The van der Waals surface area contributed by atoms with Gasteiger partial charge < -0.3 is 14.5 Å². The second kappa shape index (κ2) is 6.98. The van der Waals surface area contributed by atoms with Gasteiger partial charge in [0.25, 0.3) is 0 Å². The van der Waals surface area contributed by atoms with E-state index in [0.717, 1.165) is 6.08 Å². The number of hydrogen-bond acceptors (Lipinski definition) is 4. The number of halogens is 1. The number of ether oxygens (including phenoxy) is 1. The number of carbonyl (C=O) groups excluding carboxylic acids is 1. The molecule has 0 saturated carbocycles. The van der Waals surface area contributed by atoms with Crippen molar-refractivity contribution in [3.05, 3.63) is 12.7 Å². The first-order valence-corrected chi connectivity index (χ1v) is 6.04. The Morgan fingerprint density at radius 2 is 2.20 bits per heavy atom.